The molecule has 6 heteroatoms. The Bertz CT molecular complexity index is 672. The number of benzene rings is 1. The number of rotatable bonds is 3. The molecule has 0 aliphatic carbocycles. The lowest BCUT2D eigenvalue weighted by molar-refractivity contribution is -0.132. The first-order chi connectivity index (χ1) is 10.5. The predicted octanol–water partition coefficient (Wildman–Crippen LogP) is 1.69. The van der Waals surface area contributed by atoms with Gasteiger partial charge in [0, 0.05) is 13.1 Å². The van der Waals surface area contributed by atoms with E-state index in [1.165, 1.54) is 9.87 Å². The average molecular weight is 322 g/mol. The highest BCUT2D eigenvalue weighted by atomic mass is 32.2. The summed E-state index contributed by atoms with van der Waals surface area (Å²) < 4.78 is 25.1. The van der Waals surface area contributed by atoms with E-state index in [0.717, 1.165) is 18.4 Å². The maximum Gasteiger partial charge on any atom is 0.238 e. The molecule has 2 heterocycles. The van der Waals surface area contributed by atoms with E-state index in [0.29, 0.717) is 19.5 Å². The maximum atomic E-state index is 12.6. The minimum absolute atomic E-state index is 0.00928. The molecule has 2 aliphatic heterocycles. The summed E-state index contributed by atoms with van der Waals surface area (Å²) in [7, 11) is -3.21. The van der Waals surface area contributed by atoms with Crippen LogP contribution in [-0.4, -0.2) is 48.9 Å². The molecule has 0 aromatic heterocycles. The summed E-state index contributed by atoms with van der Waals surface area (Å²) >= 11 is 0. The molecule has 0 spiro atoms. The number of amides is 1. The Labute approximate surface area is 132 Å². The van der Waals surface area contributed by atoms with Gasteiger partial charge in [-0.3, -0.25) is 4.79 Å². The van der Waals surface area contributed by atoms with E-state index >= 15 is 0 Å². The van der Waals surface area contributed by atoms with E-state index in [4.69, 9.17) is 0 Å². The first kappa shape index (κ1) is 15.5. The molecule has 2 saturated heterocycles. The first-order valence-corrected chi connectivity index (χ1v) is 9.42. The summed E-state index contributed by atoms with van der Waals surface area (Å²) in [4.78, 5) is 14.4. The number of aryl methyl sites for hydroxylation is 1. The highest BCUT2D eigenvalue weighted by Gasteiger charge is 2.35. The highest BCUT2D eigenvalue weighted by molar-refractivity contribution is 7.89. The smallest absolute Gasteiger partial charge is 0.238 e. The van der Waals surface area contributed by atoms with Crippen LogP contribution in [0.5, 0.6) is 0 Å². The fraction of sp³-hybridized carbons (Fsp3) is 0.562. The fourth-order valence-electron chi connectivity index (χ4n) is 3.40. The number of likely N-dealkylation sites (tertiary alicyclic amines) is 1. The molecule has 0 bridgehead atoms. The Morgan fingerprint density at radius 1 is 1.27 bits per heavy atom. The van der Waals surface area contributed by atoms with E-state index < -0.39 is 10.0 Å². The van der Waals surface area contributed by atoms with Crippen molar-refractivity contribution in [2.45, 2.75) is 32.2 Å². The zero-order chi connectivity index (χ0) is 15.7. The van der Waals surface area contributed by atoms with Crippen molar-refractivity contribution in [3.8, 4) is 0 Å². The van der Waals surface area contributed by atoms with E-state index in [2.05, 4.69) is 12.1 Å². The third-order valence-corrected chi connectivity index (χ3v) is 6.42. The van der Waals surface area contributed by atoms with Crippen molar-refractivity contribution < 1.29 is 13.2 Å². The van der Waals surface area contributed by atoms with Gasteiger partial charge in [0.05, 0.1) is 18.3 Å². The lowest BCUT2D eigenvalue weighted by atomic mass is 10.0. The summed E-state index contributed by atoms with van der Waals surface area (Å²) in [6, 6.07) is 8.30. The second-order valence-electron chi connectivity index (χ2n) is 6.16. The molecule has 0 saturated carbocycles. The molecule has 1 atom stereocenters. The zero-order valence-corrected chi connectivity index (χ0v) is 13.7. The normalized spacial score (nSPS) is 24.8. The van der Waals surface area contributed by atoms with E-state index in [1.807, 2.05) is 24.0 Å². The number of nitrogens with zero attached hydrogens (tertiary/aromatic N) is 2. The second kappa shape index (κ2) is 6.01. The molecule has 2 aliphatic rings. The third kappa shape index (κ3) is 3.03. The molecular formula is C16H22N2O3S. The number of carbonyl (C=O) groups excluding carboxylic acids is 1. The van der Waals surface area contributed by atoms with Crippen LogP contribution in [0.1, 0.15) is 36.4 Å². The molecule has 1 aromatic carbocycles. The second-order valence-corrected chi connectivity index (χ2v) is 8.25. The van der Waals surface area contributed by atoms with Gasteiger partial charge in [0.25, 0.3) is 0 Å². The van der Waals surface area contributed by atoms with Crippen molar-refractivity contribution in [3.63, 3.8) is 0 Å². The van der Waals surface area contributed by atoms with Crippen LogP contribution in [0.2, 0.25) is 0 Å². The van der Waals surface area contributed by atoms with Crippen LogP contribution in [0.15, 0.2) is 24.3 Å². The summed E-state index contributed by atoms with van der Waals surface area (Å²) in [5.74, 6) is 0.0937. The summed E-state index contributed by atoms with van der Waals surface area (Å²) in [6.45, 7) is 3.22. The van der Waals surface area contributed by atoms with Gasteiger partial charge < -0.3 is 4.90 Å². The molecule has 1 unspecified atom stereocenters. The molecule has 2 fully saturated rings. The average Bonchev–Trinajstić information content (AvgIpc) is 3.06. The molecule has 0 N–H and O–H groups in total. The molecule has 0 radical (unpaired) electrons. The van der Waals surface area contributed by atoms with Crippen molar-refractivity contribution in [2.75, 3.05) is 25.4 Å². The SMILES string of the molecule is Cc1cccc(C2CCCN2C(=O)CN2CCCS2(=O)=O)c1. The minimum atomic E-state index is -3.21. The summed E-state index contributed by atoms with van der Waals surface area (Å²) in [5.41, 5.74) is 2.33. The van der Waals surface area contributed by atoms with Gasteiger partial charge in [-0.2, -0.15) is 4.31 Å². The quantitative estimate of drug-likeness (QED) is 0.851. The van der Waals surface area contributed by atoms with E-state index in [-0.39, 0.29) is 24.2 Å². The maximum absolute atomic E-state index is 12.6. The van der Waals surface area contributed by atoms with Gasteiger partial charge in [-0.1, -0.05) is 29.8 Å². The van der Waals surface area contributed by atoms with Crippen molar-refractivity contribution in [3.05, 3.63) is 35.4 Å². The molecule has 1 aromatic rings. The Morgan fingerprint density at radius 2 is 2.09 bits per heavy atom. The Morgan fingerprint density at radius 3 is 2.77 bits per heavy atom. The van der Waals surface area contributed by atoms with Crippen molar-refractivity contribution in [1.29, 1.82) is 0 Å². The molecule has 120 valence electrons. The Kier molecular flexibility index (Phi) is 4.23. The van der Waals surface area contributed by atoms with Crippen LogP contribution >= 0.6 is 0 Å². The summed E-state index contributed by atoms with van der Waals surface area (Å²) in [5, 5.41) is 0. The summed E-state index contributed by atoms with van der Waals surface area (Å²) in [6.07, 6.45) is 2.54. The van der Waals surface area contributed by atoms with Gasteiger partial charge in [0.1, 0.15) is 0 Å². The van der Waals surface area contributed by atoms with Crippen LogP contribution < -0.4 is 0 Å². The molecule has 5 nitrogen and oxygen atoms in total. The van der Waals surface area contributed by atoms with E-state index in [9.17, 15) is 13.2 Å². The monoisotopic (exact) mass is 322 g/mol. The number of carbonyl (C=O) groups is 1. The third-order valence-electron chi connectivity index (χ3n) is 4.51. The highest BCUT2D eigenvalue weighted by Crippen LogP contribution is 2.32. The van der Waals surface area contributed by atoms with Gasteiger partial charge in [-0.05, 0) is 31.7 Å². The Balaban J connectivity index is 1.74. The van der Waals surface area contributed by atoms with E-state index in [1.54, 1.807) is 0 Å². The number of hydrogen-bond donors (Lipinski definition) is 0. The van der Waals surface area contributed by atoms with Crippen molar-refractivity contribution >= 4 is 15.9 Å². The molecule has 22 heavy (non-hydrogen) atoms. The van der Waals surface area contributed by atoms with Crippen LogP contribution in [0.4, 0.5) is 0 Å². The molecule has 3 rings (SSSR count). The van der Waals surface area contributed by atoms with Gasteiger partial charge >= 0.3 is 0 Å². The van der Waals surface area contributed by atoms with Gasteiger partial charge in [0.15, 0.2) is 0 Å². The number of hydrogen-bond acceptors (Lipinski definition) is 3. The molecule has 1 amide bonds. The van der Waals surface area contributed by atoms with Crippen LogP contribution in [0.3, 0.4) is 0 Å². The van der Waals surface area contributed by atoms with Gasteiger partial charge in [0.2, 0.25) is 15.9 Å². The number of sulfonamides is 1. The topological polar surface area (TPSA) is 57.7 Å². The Hall–Kier alpha value is -1.40. The van der Waals surface area contributed by atoms with Crippen molar-refractivity contribution in [2.24, 2.45) is 0 Å². The van der Waals surface area contributed by atoms with Crippen LogP contribution in [-0.2, 0) is 14.8 Å². The van der Waals surface area contributed by atoms with Crippen molar-refractivity contribution in [1.82, 2.24) is 9.21 Å². The largest absolute Gasteiger partial charge is 0.335 e. The zero-order valence-electron chi connectivity index (χ0n) is 12.9. The standard InChI is InChI=1S/C16H22N2O3S/c1-13-5-2-6-14(11-13)15-7-3-9-18(15)16(19)12-17-8-4-10-22(17,20)21/h2,5-6,11,15H,3-4,7-10,12H2,1H3. The predicted molar refractivity (Wildman–Crippen MR) is 84.8 cm³/mol. The lowest BCUT2D eigenvalue weighted by Gasteiger charge is -2.27. The van der Waals surface area contributed by atoms with Crippen LogP contribution in [0.25, 0.3) is 0 Å². The molecular weight excluding hydrogens is 300 g/mol. The minimum Gasteiger partial charge on any atom is -0.335 e. The van der Waals surface area contributed by atoms with Crippen LogP contribution in [0, 0.1) is 6.92 Å². The fourth-order valence-corrected chi connectivity index (χ4v) is 4.87. The lowest BCUT2D eigenvalue weighted by Crippen LogP contribution is -2.40. The van der Waals surface area contributed by atoms with Gasteiger partial charge in [-0.25, -0.2) is 8.42 Å². The first-order valence-electron chi connectivity index (χ1n) is 7.81. The van der Waals surface area contributed by atoms with Gasteiger partial charge in [-0.15, -0.1) is 0 Å².